The van der Waals surface area contributed by atoms with Gasteiger partial charge in [0.25, 0.3) is 11.6 Å². The molecule has 0 fully saturated rings. The molecule has 0 saturated carbocycles. The van der Waals surface area contributed by atoms with Gasteiger partial charge in [-0.1, -0.05) is 6.07 Å². The van der Waals surface area contributed by atoms with E-state index in [1.807, 2.05) is 24.4 Å². The van der Waals surface area contributed by atoms with Crippen molar-refractivity contribution in [3.8, 4) is 0 Å². The van der Waals surface area contributed by atoms with Gasteiger partial charge in [0, 0.05) is 29.6 Å². The minimum Gasteiger partial charge on any atom is -0.465 e. The van der Waals surface area contributed by atoms with Gasteiger partial charge in [-0.3, -0.25) is 14.9 Å². The fourth-order valence-corrected chi connectivity index (χ4v) is 3.00. The van der Waals surface area contributed by atoms with Crippen LogP contribution in [0.15, 0.2) is 35.7 Å². The van der Waals surface area contributed by atoms with Crippen molar-refractivity contribution in [1.29, 1.82) is 0 Å². The summed E-state index contributed by atoms with van der Waals surface area (Å²) in [6, 6.07) is 7.15. The van der Waals surface area contributed by atoms with Crippen LogP contribution in [0, 0.1) is 10.1 Å². The molecule has 0 bridgehead atoms. The molecular formula is C16H16N2O5S. The number of benzene rings is 1. The Kier molecular flexibility index (Phi) is 5.30. The number of carbonyl (C=O) groups excluding carboxylic acids is 2. The maximum atomic E-state index is 12.7. The summed E-state index contributed by atoms with van der Waals surface area (Å²) in [4.78, 5) is 37.2. The highest BCUT2D eigenvalue weighted by Gasteiger charge is 2.23. The molecule has 1 aromatic carbocycles. The third-order valence-corrected chi connectivity index (χ3v) is 4.70. The molecule has 0 spiro atoms. The molecule has 0 aliphatic carbocycles. The largest absolute Gasteiger partial charge is 0.465 e. The minimum atomic E-state index is -0.735. The summed E-state index contributed by atoms with van der Waals surface area (Å²) in [6.45, 7) is 1.86. The molecule has 0 saturated heterocycles. The second-order valence-corrected chi connectivity index (χ2v) is 6.10. The Bertz CT molecular complexity index is 773. The van der Waals surface area contributed by atoms with Gasteiger partial charge in [0.05, 0.1) is 23.6 Å². The van der Waals surface area contributed by atoms with Crippen molar-refractivity contribution >= 4 is 28.9 Å². The van der Waals surface area contributed by atoms with Gasteiger partial charge in [-0.05, 0) is 24.4 Å². The van der Waals surface area contributed by atoms with E-state index < -0.39 is 16.8 Å². The molecule has 2 aromatic rings. The van der Waals surface area contributed by atoms with Crippen LogP contribution in [-0.2, 0) is 4.74 Å². The van der Waals surface area contributed by atoms with E-state index in [4.69, 9.17) is 0 Å². The monoisotopic (exact) mass is 348 g/mol. The number of nitro groups is 1. The van der Waals surface area contributed by atoms with Crippen LogP contribution >= 0.6 is 11.3 Å². The van der Waals surface area contributed by atoms with Gasteiger partial charge in [-0.25, -0.2) is 4.79 Å². The van der Waals surface area contributed by atoms with Crippen LogP contribution in [0.1, 0.15) is 38.6 Å². The van der Waals surface area contributed by atoms with Gasteiger partial charge in [0.15, 0.2) is 0 Å². The van der Waals surface area contributed by atoms with Crippen molar-refractivity contribution in [2.45, 2.75) is 13.0 Å². The molecule has 0 aliphatic heterocycles. The lowest BCUT2D eigenvalue weighted by molar-refractivity contribution is -0.384. The number of nitrogens with zero attached hydrogens (tertiary/aromatic N) is 2. The third kappa shape index (κ3) is 3.60. The summed E-state index contributed by atoms with van der Waals surface area (Å²) in [5.41, 5.74) is -0.304. The molecule has 8 heteroatoms. The molecule has 24 heavy (non-hydrogen) atoms. The molecule has 1 aromatic heterocycles. The molecule has 1 amide bonds. The van der Waals surface area contributed by atoms with Crippen LogP contribution in [0.4, 0.5) is 5.69 Å². The van der Waals surface area contributed by atoms with Gasteiger partial charge in [0.1, 0.15) is 0 Å². The van der Waals surface area contributed by atoms with E-state index >= 15 is 0 Å². The van der Waals surface area contributed by atoms with Crippen molar-refractivity contribution < 1.29 is 19.2 Å². The first-order valence-corrected chi connectivity index (χ1v) is 7.91. The quantitative estimate of drug-likeness (QED) is 0.470. The summed E-state index contributed by atoms with van der Waals surface area (Å²) in [5, 5.41) is 13.0. The minimum absolute atomic E-state index is 0.0350. The van der Waals surface area contributed by atoms with Gasteiger partial charge < -0.3 is 9.64 Å². The van der Waals surface area contributed by atoms with Crippen LogP contribution in [-0.4, -0.2) is 35.9 Å². The first kappa shape index (κ1) is 17.6. The van der Waals surface area contributed by atoms with Crippen molar-refractivity contribution in [2.24, 2.45) is 0 Å². The Labute approximate surface area is 142 Å². The number of methoxy groups -OCH3 is 1. The SMILES string of the molecule is COC(=O)c1cc(C(=O)N(C)[C@H](C)c2cccs2)cc([N+](=O)[O-])c1. The van der Waals surface area contributed by atoms with Crippen LogP contribution in [0.2, 0.25) is 0 Å². The lowest BCUT2D eigenvalue weighted by atomic mass is 10.1. The number of thiophene rings is 1. The van der Waals surface area contributed by atoms with Crippen molar-refractivity contribution in [3.05, 3.63) is 61.8 Å². The molecular weight excluding hydrogens is 332 g/mol. The Balaban J connectivity index is 2.39. The lowest BCUT2D eigenvalue weighted by Crippen LogP contribution is -2.29. The predicted octanol–water partition coefficient (Wildman–Crippen LogP) is 3.28. The molecule has 7 nitrogen and oxygen atoms in total. The van der Waals surface area contributed by atoms with Crippen molar-refractivity contribution in [3.63, 3.8) is 0 Å². The predicted molar refractivity (Wildman–Crippen MR) is 89.3 cm³/mol. The summed E-state index contributed by atoms with van der Waals surface area (Å²) in [6.07, 6.45) is 0. The van der Waals surface area contributed by atoms with E-state index in [1.165, 1.54) is 29.4 Å². The normalized spacial score (nSPS) is 11.6. The van der Waals surface area contributed by atoms with Gasteiger partial charge in [-0.15, -0.1) is 11.3 Å². The van der Waals surface area contributed by atoms with E-state index in [2.05, 4.69) is 4.74 Å². The topological polar surface area (TPSA) is 89.8 Å². The zero-order valence-electron chi connectivity index (χ0n) is 13.4. The van der Waals surface area contributed by atoms with Gasteiger partial charge in [0.2, 0.25) is 0 Å². The summed E-state index contributed by atoms with van der Waals surface area (Å²) >= 11 is 1.52. The highest BCUT2D eigenvalue weighted by Crippen LogP contribution is 2.26. The van der Waals surface area contributed by atoms with Crippen LogP contribution in [0.3, 0.4) is 0 Å². The van der Waals surface area contributed by atoms with Crippen molar-refractivity contribution in [1.82, 2.24) is 4.90 Å². The smallest absolute Gasteiger partial charge is 0.338 e. The molecule has 0 radical (unpaired) electrons. The summed E-state index contributed by atoms with van der Waals surface area (Å²) in [5.74, 6) is -1.15. The average molecular weight is 348 g/mol. The first-order valence-electron chi connectivity index (χ1n) is 7.03. The zero-order valence-corrected chi connectivity index (χ0v) is 14.2. The van der Waals surface area contributed by atoms with Gasteiger partial charge >= 0.3 is 5.97 Å². The number of carbonyl (C=O) groups is 2. The summed E-state index contributed by atoms with van der Waals surface area (Å²) in [7, 11) is 2.79. The Morgan fingerprint density at radius 2 is 1.96 bits per heavy atom. The second kappa shape index (κ2) is 7.22. The number of esters is 1. The molecule has 126 valence electrons. The molecule has 0 aliphatic rings. The van der Waals surface area contributed by atoms with Crippen LogP contribution in [0.5, 0.6) is 0 Å². The van der Waals surface area contributed by atoms with Gasteiger partial charge in [-0.2, -0.15) is 0 Å². The zero-order chi connectivity index (χ0) is 17.9. The lowest BCUT2D eigenvalue weighted by Gasteiger charge is -2.24. The molecule has 2 rings (SSSR count). The van der Waals surface area contributed by atoms with Crippen molar-refractivity contribution in [2.75, 3.05) is 14.2 Å². The van der Waals surface area contributed by atoms with E-state index in [0.717, 1.165) is 17.0 Å². The van der Waals surface area contributed by atoms with E-state index in [1.54, 1.807) is 7.05 Å². The van der Waals surface area contributed by atoms with Crippen LogP contribution in [0.25, 0.3) is 0 Å². The maximum Gasteiger partial charge on any atom is 0.338 e. The highest BCUT2D eigenvalue weighted by atomic mass is 32.1. The molecule has 0 unspecified atom stereocenters. The first-order chi connectivity index (χ1) is 11.3. The number of hydrogen-bond donors (Lipinski definition) is 0. The number of nitro benzene ring substituents is 1. The van der Waals surface area contributed by atoms with E-state index in [-0.39, 0.29) is 22.9 Å². The second-order valence-electron chi connectivity index (χ2n) is 5.12. The van der Waals surface area contributed by atoms with Crippen LogP contribution < -0.4 is 0 Å². The number of rotatable bonds is 5. The Hall–Kier alpha value is -2.74. The number of ether oxygens (including phenoxy) is 1. The van der Waals surface area contributed by atoms with E-state index in [9.17, 15) is 19.7 Å². The maximum absolute atomic E-state index is 12.7. The Morgan fingerprint density at radius 3 is 2.50 bits per heavy atom. The highest BCUT2D eigenvalue weighted by molar-refractivity contribution is 7.10. The fraction of sp³-hybridized carbons (Fsp3) is 0.250. The van der Waals surface area contributed by atoms with E-state index in [0.29, 0.717) is 0 Å². The Morgan fingerprint density at radius 1 is 1.29 bits per heavy atom. The number of amides is 1. The average Bonchev–Trinajstić information content (AvgIpc) is 3.13. The molecule has 1 heterocycles. The standard InChI is InChI=1S/C16H16N2O5S/c1-10(14-5-4-6-24-14)17(2)15(19)11-7-12(16(20)23-3)9-13(8-11)18(21)22/h4-10H,1-3H3/t10-/m1/s1. The number of non-ortho nitro benzene ring substituents is 1. The molecule has 1 atom stereocenters. The third-order valence-electron chi connectivity index (χ3n) is 3.65. The molecule has 0 N–H and O–H groups in total. The summed E-state index contributed by atoms with van der Waals surface area (Å²) < 4.78 is 4.59. The number of hydrogen-bond acceptors (Lipinski definition) is 6. The fourth-order valence-electron chi connectivity index (χ4n) is 2.18.